The summed E-state index contributed by atoms with van der Waals surface area (Å²) in [7, 11) is 0. The van der Waals surface area contributed by atoms with Gasteiger partial charge in [0.25, 0.3) is 0 Å². The normalized spacial score (nSPS) is 13.2. The zero-order chi connectivity index (χ0) is 14.1. The van der Waals surface area contributed by atoms with Crippen LogP contribution in [0.2, 0.25) is 0 Å². The van der Waals surface area contributed by atoms with E-state index in [0.29, 0.717) is 0 Å². The average Bonchev–Trinajstić information content (AvgIpc) is 2.40. The van der Waals surface area contributed by atoms with Crippen LogP contribution in [0.25, 0.3) is 4.85 Å². The Hall–Kier alpha value is -1.51. The maximum absolute atomic E-state index is 8.76. The van der Waals surface area contributed by atoms with Crippen molar-refractivity contribution in [2.45, 2.75) is 27.7 Å². The van der Waals surface area contributed by atoms with Crippen molar-refractivity contribution in [3.8, 4) is 6.07 Å². The zero-order valence-corrected chi connectivity index (χ0v) is 14.0. The summed E-state index contributed by atoms with van der Waals surface area (Å²) in [6.07, 6.45) is 2.06. The molecule has 0 bridgehead atoms. The molecule has 0 fully saturated rings. The summed E-state index contributed by atoms with van der Waals surface area (Å²) in [4.78, 5) is 3.14. The third-order valence-electron chi connectivity index (χ3n) is 2.58. The van der Waals surface area contributed by atoms with Crippen LogP contribution in [0.1, 0.15) is 27.7 Å². The SMILES string of the molecule is [C-]#[N+]CC(C#N)=NN[C](=[W])C(C)=C(C)C(C)=CC. The van der Waals surface area contributed by atoms with E-state index in [1.807, 2.05) is 19.9 Å². The molecule has 0 aliphatic carbocycles. The third-order valence-corrected chi connectivity index (χ3v) is 4.01. The molecule has 4 nitrogen and oxygen atoms in total. The molecule has 0 aliphatic rings. The van der Waals surface area contributed by atoms with Crippen LogP contribution in [-0.4, -0.2) is 16.3 Å². The van der Waals surface area contributed by atoms with Crippen molar-refractivity contribution in [1.82, 2.24) is 5.43 Å². The molecule has 0 radical (unpaired) electrons. The molecule has 0 saturated heterocycles. The summed E-state index contributed by atoms with van der Waals surface area (Å²) in [6.45, 7) is 14.9. The minimum atomic E-state index is 0.0156. The third kappa shape index (κ3) is 5.21. The Balaban J connectivity index is 4.92. The number of nitriles is 1. The van der Waals surface area contributed by atoms with Crippen LogP contribution in [-0.2, 0) is 19.4 Å². The van der Waals surface area contributed by atoms with Gasteiger partial charge in [0.2, 0.25) is 0 Å². The monoisotopic (exact) mass is 412 g/mol. The number of nitrogens with zero attached hydrogens (tertiary/aromatic N) is 3. The predicted molar refractivity (Wildman–Crippen MR) is 70.5 cm³/mol. The van der Waals surface area contributed by atoms with Crippen molar-refractivity contribution in [3.05, 3.63) is 34.2 Å². The molecule has 18 heavy (non-hydrogen) atoms. The van der Waals surface area contributed by atoms with E-state index >= 15 is 0 Å². The molecule has 5 heteroatoms. The van der Waals surface area contributed by atoms with E-state index in [2.05, 4.69) is 35.3 Å². The fourth-order valence-electron chi connectivity index (χ4n) is 1.06. The number of hydrazone groups is 1. The van der Waals surface area contributed by atoms with E-state index in [1.54, 1.807) is 0 Å². The first-order valence-electron chi connectivity index (χ1n) is 5.38. The first-order valence-corrected chi connectivity index (χ1v) is 6.85. The molecule has 0 aromatic heterocycles. The van der Waals surface area contributed by atoms with Gasteiger partial charge < -0.3 is 0 Å². The Bertz CT molecular complexity index is 498. The van der Waals surface area contributed by atoms with Crippen LogP contribution < -0.4 is 5.43 Å². The van der Waals surface area contributed by atoms with Crippen LogP contribution in [0.15, 0.2) is 27.9 Å². The van der Waals surface area contributed by atoms with Crippen molar-refractivity contribution in [2.75, 3.05) is 6.54 Å². The number of allylic oxidation sites excluding steroid dienone is 3. The molecular weight excluding hydrogens is 396 g/mol. The number of nitrogens with one attached hydrogen (secondary N) is 1. The van der Waals surface area contributed by atoms with Gasteiger partial charge in [-0.05, 0) is 0 Å². The average molecular weight is 412 g/mol. The van der Waals surface area contributed by atoms with E-state index in [0.717, 1.165) is 9.59 Å². The van der Waals surface area contributed by atoms with Crippen LogP contribution >= 0.6 is 0 Å². The van der Waals surface area contributed by atoms with Gasteiger partial charge in [-0.2, -0.15) is 0 Å². The summed E-state index contributed by atoms with van der Waals surface area (Å²) in [5, 5.41) is 12.7. The summed E-state index contributed by atoms with van der Waals surface area (Å²) in [6, 6.07) is 1.90. The predicted octanol–water partition coefficient (Wildman–Crippen LogP) is 2.35. The Morgan fingerprint density at radius 3 is 2.50 bits per heavy atom. The molecule has 1 N–H and O–H groups in total. The molecule has 0 aliphatic heterocycles. The van der Waals surface area contributed by atoms with Gasteiger partial charge in [0.1, 0.15) is 0 Å². The first-order chi connectivity index (χ1) is 8.47. The summed E-state index contributed by atoms with van der Waals surface area (Å²) in [5.74, 6) is 0. The molecular formula is C13H16N4W. The second kappa shape index (κ2) is 8.56. The van der Waals surface area contributed by atoms with E-state index < -0.39 is 0 Å². The Morgan fingerprint density at radius 1 is 1.44 bits per heavy atom. The van der Waals surface area contributed by atoms with Gasteiger partial charge in [0, 0.05) is 0 Å². The molecule has 0 spiro atoms. The Kier molecular flexibility index (Phi) is 7.84. The van der Waals surface area contributed by atoms with E-state index in [-0.39, 0.29) is 12.3 Å². The maximum atomic E-state index is 8.76. The quantitative estimate of drug-likeness (QED) is 0.326. The van der Waals surface area contributed by atoms with Gasteiger partial charge in [0.05, 0.1) is 0 Å². The van der Waals surface area contributed by atoms with Gasteiger partial charge in [-0.3, -0.25) is 0 Å². The fraction of sp³-hybridized carbons (Fsp3) is 0.385. The van der Waals surface area contributed by atoms with Crippen molar-refractivity contribution < 1.29 is 19.4 Å². The van der Waals surface area contributed by atoms with Crippen molar-refractivity contribution in [2.24, 2.45) is 5.10 Å². The summed E-state index contributed by atoms with van der Waals surface area (Å²) < 4.78 is 0.964. The van der Waals surface area contributed by atoms with Crippen molar-refractivity contribution in [1.29, 1.82) is 5.26 Å². The van der Waals surface area contributed by atoms with Crippen LogP contribution in [0.5, 0.6) is 0 Å². The fourth-order valence-corrected chi connectivity index (χ4v) is 1.77. The molecule has 0 aromatic rings. The van der Waals surface area contributed by atoms with Crippen LogP contribution in [0, 0.1) is 17.9 Å². The van der Waals surface area contributed by atoms with Gasteiger partial charge in [-0.15, -0.1) is 0 Å². The van der Waals surface area contributed by atoms with Crippen LogP contribution in [0.3, 0.4) is 0 Å². The molecule has 0 heterocycles. The van der Waals surface area contributed by atoms with E-state index in [4.69, 9.17) is 11.8 Å². The van der Waals surface area contributed by atoms with Crippen molar-refractivity contribution in [3.63, 3.8) is 0 Å². The molecule has 0 aromatic carbocycles. The molecule has 0 unspecified atom stereocenters. The van der Waals surface area contributed by atoms with Crippen LogP contribution in [0.4, 0.5) is 0 Å². The molecule has 0 rings (SSSR count). The number of hydrogen-bond acceptors (Lipinski definition) is 3. The first kappa shape index (κ1) is 16.5. The molecule has 94 valence electrons. The molecule has 0 atom stereocenters. The van der Waals surface area contributed by atoms with Gasteiger partial charge in [-0.1, -0.05) is 0 Å². The van der Waals surface area contributed by atoms with E-state index in [9.17, 15) is 0 Å². The number of rotatable bonds is 5. The summed E-state index contributed by atoms with van der Waals surface area (Å²) in [5.41, 5.74) is 6.63. The topological polar surface area (TPSA) is 52.5 Å². The second-order valence-electron chi connectivity index (χ2n) is 3.65. The van der Waals surface area contributed by atoms with Gasteiger partial charge in [-0.25, -0.2) is 0 Å². The summed E-state index contributed by atoms with van der Waals surface area (Å²) >= 11 is 1.25. The van der Waals surface area contributed by atoms with Crippen molar-refractivity contribution >= 4 is 9.73 Å². The Morgan fingerprint density at radius 2 is 2.06 bits per heavy atom. The Labute approximate surface area is 119 Å². The standard InChI is InChI=1S/C13H16N4.W/c1-6-10(2)12(4)11(3)8-16-17-13(7-14)9-15-5;/h6,16H,9H2,1-4H3;. The second-order valence-corrected chi connectivity index (χ2v) is 5.12. The zero-order valence-electron chi connectivity index (χ0n) is 11.0. The number of hydrogen-bond donors (Lipinski definition) is 1. The van der Waals surface area contributed by atoms with Gasteiger partial charge in [0.15, 0.2) is 0 Å². The molecule has 0 saturated carbocycles. The molecule has 0 amide bonds. The van der Waals surface area contributed by atoms with Gasteiger partial charge >= 0.3 is 119 Å². The van der Waals surface area contributed by atoms with E-state index in [1.165, 1.54) is 30.5 Å². The minimum absolute atomic E-state index is 0.0156.